The Bertz CT molecular complexity index is 577. The SMILES string of the molecule is Cc1cc(C)c2c(C)c(CNC(C)C)n(C)c2c1. The zero-order chi connectivity index (χ0) is 13.4. The molecular weight excluding hydrogens is 220 g/mol. The van der Waals surface area contributed by atoms with E-state index in [-0.39, 0.29) is 0 Å². The third-order valence-electron chi connectivity index (χ3n) is 3.71. The van der Waals surface area contributed by atoms with Crippen LogP contribution < -0.4 is 5.32 Å². The van der Waals surface area contributed by atoms with Gasteiger partial charge in [-0.05, 0) is 43.5 Å². The van der Waals surface area contributed by atoms with Crippen molar-refractivity contribution in [2.75, 3.05) is 0 Å². The number of nitrogens with zero attached hydrogens (tertiary/aromatic N) is 1. The van der Waals surface area contributed by atoms with Crippen molar-refractivity contribution in [2.24, 2.45) is 7.05 Å². The lowest BCUT2D eigenvalue weighted by atomic mass is 10.0. The molecule has 1 aromatic carbocycles. The van der Waals surface area contributed by atoms with Crippen LogP contribution in [0.1, 0.15) is 36.2 Å². The minimum Gasteiger partial charge on any atom is -0.346 e. The molecule has 18 heavy (non-hydrogen) atoms. The molecule has 0 saturated heterocycles. The van der Waals surface area contributed by atoms with Gasteiger partial charge in [0.1, 0.15) is 0 Å². The molecule has 1 aromatic heterocycles. The van der Waals surface area contributed by atoms with Gasteiger partial charge in [-0.2, -0.15) is 0 Å². The summed E-state index contributed by atoms with van der Waals surface area (Å²) in [4.78, 5) is 0. The van der Waals surface area contributed by atoms with Crippen molar-refractivity contribution >= 4 is 10.9 Å². The summed E-state index contributed by atoms with van der Waals surface area (Å²) >= 11 is 0. The Morgan fingerprint density at radius 1 is 1.17 bits per heavy atom. The molecule has 0 amide bonds. The Morgan fingerprint density at radius 2 is 1.83 bits per heavy atom. The van der Waals surface area contributed by atoms with E-state index >= 15 is 0 Å². The molecule has 98 valence electrons. The van der Waals surface area contributed by atoms with Gasteiger partial charge in [0, 0.05) is 36.2 Å². The quantitative estimate of drug-likeness (QED) is 0.873. The highest BCUT2D eigenvalue weighted by atomic mass is 15.0. The van der Waals surface area contributed by atoms with E-state index in [1.165, 1.54) is 33.3 Å². The maximum absolute atomic E-state index is 3.52. The predicted octanol–water partition coefficient (Wildman–Crippen LogP) is 3.60. The van der Waals surface area contributed by atoms with Gasteiger partial charge in [-0.1, -0.05) is 19.9 Å². The first-order valence-corrected chi connectivity index (χ1v) is 6.70. The fourth-order valence-corrected chi connectivity index (χ4v) is 2.79. The molecule has 0 atom stereocenters. The second-order valence-electron chi connectivity index (χ2n) is 5.64. The first kappa shape index (κ1) is 13.2. The first-order valence-electron chi connectivity index (χ1n) is 6.70. The molecule has 0 spiro atoms. The molecule has 0 bridgehead atoms. The second kappa shape index (κ2) is 4.77. The smallest absolute Gasteiger partial charge is 0.0488 e. The number of rotatable bonds is 3. The van der Waals surface area contributed by atoms with Crippen LogP contribution in [0.4, 0.5) is 0 Å². The number of hydrogen-bond donors (Lipinski definition) is 1. The van der Waals surface area contributed by atoms with Crippen LogP contribution in [0, 0.1) is 20.8 Å². The van der Waals surface area contributed by atoms with E-state index in [2.05, 4.69) is 63.7 Å². The number of nitrogens with one attached hydrogen (secondary N) is 1. The summed E-state index contributed by atoms with van der Waals surface area (Å²) in [5.41, 5.74) is 6.88. The van der Waals surface area contributed by atoms with Crippen molar-refractivity contribution in [2.45, 2.75) is 47.2 Å². The molecule has 0 unspecified atom stereocenters. The van der Waals surface area contributed by atoms with Crippen LogP contribution in [0.2, 0.25) is 0 Å². The summed E-state index contributed by atoms with van der Waals surface area (Å²) in [6.45, 7) is 11.9. The number of fused-ring (bicyclic) bond motifs is 1. The number of benzene rings is 1. The van der Waals surface area contributed by atoms with E-state index in [1.54, 1.807) is 0 Å². The van der Waals surface area contributed by atoms with E-state index in [0.29, 0.717) is 6.04 Å². The largest absolute Gasteiger partial charge is 0.346 e. The van der Waals surface area contributed by atoms with Crippen LogP contribution in [0.3, 0.4) is 0 Å². The number of hydrogen-bond acceptors (Lipinski definition) is 1. The lowest BCUT2D eigenvalue weighted by Crippen LogP contribution is -2.23. The molecule has 0 fully saturated rings. The lowest BCUT2D eigenvalue weighted by molar-refractivity contribution is 0.571. The van der Waals surface area contributed by atoms with Gasteiger partial charge < -0.3 is 9.88 Å². The van der Waals surface area contributed by atoms with Gasteiger partial charge in [-0.3, -0.25) is 0 Å². The van der Waals surface area contributed by atoms with Crippen molar-refractivity contribution in [3.05, 3.63) is 34.5 Å². The molecule has 0 aliphatic rings. The van der Waals surface area contributed by atoms with Crippen molar-refractivity contribution in [3.8, 4) is 0 Å². The van der Waals surface area contributed by atoms with E-state index in [4.69, 9.17) is 0 Å². The van der Waals surface area contributed by atoms with Crippen molar-refractivity contribution in [1.29, 1.82) is 0 Å². The normalized spacial score (nSPS) is 11.7. The van der Waals surface area contributed by atoms with E-state index in [0.717, 1.165) is 6.54 Å². The molecule has 0 saturated carbocycles. The van der Waals surface area contributed by atoms with Crippen molar-refractivity contribution in [3.63, 3.8) is 0 Å². The molecule has 2 aromatic rings. The van der Waals surface area contributed by atoms with E-state index in [1.807, 2.05) is 0 Å². The van der Waals surface area contributed by atoms with E-state index in [9.17, 15) is 0 Å². The predicted molar refractivity (Wildman–Crippen MR) is 79.1 cm³/mol. The standard InChI is InChI=1S/C16H24N2/c1-10(2)17-9-15-13(5)16-12(4)7-11(3)8-14(16)18(15)6/h7-8,10,17H,9H2,1-6H3. The second-order valence-corrected chi connectivity index (χ2v) is 5.64. The summed E-state index contributed by atoms with van der Waals surface area (Å²) in [6, 6.07) is 5.08. The van der Waals surface area contributed by atoms with Crippen LogP contribution in [-0.2, 0) is 13.6 Å². The molecule has 1 N–H and O–H groups in total. The molecule has 2 heteroatoms. The average Bonchev–Trinajstić information content (AvgIpc) is 2.49. The Balaban J connectivity index is 2.58. The minimum atomic E-state index is 0.519. The van der Waals surface area contributed by atoms with Crippen molar-refractivity contribution in [1.82, 2.24) is 9.88 Å². The maximum Gasteiger partial charge on any atom is 0.0488 e. The summed E-state index contributed by atoms with van der Waals surface area (Å²) in [5, 5.41) is 4.94. The first-order chi connectivity index (χ1) is 8.41. The third kappa shape index (κ3) is 2.17. The molecule has 0 aliphatic carbocycles. The Hall–Kier alpha value is -1.28. The average molecular weight is 244 g/mol. The Morgan fingerprint density at radius 3 is 2.44 bits per heavy atom. The molecule has 0 radical (unpaired) electrons. The van der Waals surface area contributed by atoms with E-state index < -0.39 is 0 Å². The fraction of sp³-hybridized carbons (Fsp3) is 0.500. The molecule has 0 aliphatic heterocycles. The summed E-state index contributed by atoms with van der Waals surface area (Å²) < 4.78 is 2.33. The van der Waals surface area contributed by atoms with Gasteiger partial charge >= 0.3 is 0 Å². The van der Waals surface area contributed by atoms with Gasteiger partial charge in [0.15, 0.2) is 0 Å². The summed E-state index contributed by atoms with van der Waals surface area (Å²) in [5.74, 6) is 0. The third-order valence-corrected chi connectivity index (χ3v) is 3.71. The number of aryl methyl sites for hydroxylation is 4. The Labute approximate surface area is 110 Å². The maximum atomic E-state index is 3.52. The topological polar surface area (TPSA) is 17.0 Å². The van der Waals surface area contributed by atoms with Gasteiger partial charge in [0.2, 0.25) is 0 Å². The summed E-state index contributed by atoms with van der Waals surface area (Å²) in [6.07, 6.45) is 0. The van der Waals surface area contributed by atoms with Crippen LogP contribution in [0.5, 0.6) is 0 Å². The highest BCUT2D eigenvalue weighted by Gasteiger charge is 2.13. The zero-order valence-electron chi connectivity index (χ0n) is 12.4. The van der Waals surface area contributed by atoms with Crippen LogP contribution in [0.25, 0.3) is 10.9 Å². The zero-order valence-corrected chi connectivity index (χ0v) is 12.4. The minimum absolute atomic E-state index is 0.519. The molecule has 1 heterocycles. The number of aromatic nitrogens is 1. The lowest BCUT2D eigenvalue weighted by Gasteiger charge is -2.10. The monoisotopic (exact) mass is 244 g/mol. The Kier molecular flexibility index (Phi) is 3.49. The molecule has 2 nitrogen and oxygen atoms in total. The van der Waals surface area contributed by atoms with Crippen LogP contribution in [-0.4, -0.2) is 10.6 Å². The van der Waals surface area contributed by atoms with Crippen LogP contribution >= 0.6 is 0 Å². The van der Waals surface area contributed by atoms with Gasteiger partial charge in [0.05, 0.1) is 0 Å². The van der Waals surface area contributed by atoms with Crippen molar-refractivity contribution < 1.29 is 0 Å². The van der Waals surface area contributed by atoms with Gasteiger partial charge in [0.25, 0.3) is 0 Å². The fourth-order valence-electron chi connectivity index (χ4n) is 2.79. The molecular formula is C16H24N2. The molecule has 2 rings (SSSR count). The van der Waals surface area contributed by atoms with Gasteiger partial charge in [-0.15, -0.1) is 0 Å². The van der Waals surface area contributed by atoms with Gasteiger partial charge in [-0.25, -0.2) is 0 Å². The van der Waals surface area contributed by atoms with Crippen LogP contribution in [0.15, 0.2) is 12.1 Å². The highest BCUT2D eigenvalue weighted by molar-refractivity contribution is 5.89. The summed E-state index contributed by atoms with van der Waals surface area (Å²) in [7, 11) is 2.17. The highest BCUT2D eigenvalue weighted by Crippen LogP contribution is 2.28.